The van der Waals surface area contributed by atoms with E-state index in [0.717, 1.165) is 50.0 Å². The second-order valence-electron chi connectivity index (χ2n) is 10.1. The minimum atomic E-state index is 0.0402. The largest absolute Gasteiger partial charge is 0.325 e. The van der Waals surface area contributed by atoms with Gasteiger partial charge in [0.2, 0.25) is 0 Å². The van der Waals surface area contributed by atoms with E-state index in [1.807, 2.05) is 23.1 Å². The first kappa shape index (κ1) is 28.9. The zero-order valence-electron chi connectivity index (χ0n) is 22.6. The summed E-state index contributed by atoms with van der Waals surface area (Å²) in [4.78, 5) is 15.1. The van der Waals surface area contributed by atoms with Crippen LogP contribution in [0, 0.1) is 6.92 Å². The quantitative estimate of drug-likeness (QED) is 0.200. The highest BCUT2D eigenvalue weighted by Crippen LogP contribution is 2.14. The number of unbranched alkanes of at least 4 members (excludes halogenated alkanes) is 12. The maximum atomic E-state index is 13.0. The highest BCUT2D eigenvalue weighted by molar-refractivity contribution is 5.89. The Bertz CT molecular complexity index is 789. The zero-order chi connectivity index (χ0) is 25.0. The number of carbonyl (C=O) groups excluding carboxylic acids is 1. The molecule has 3 heteroatoms. The molecule has 0 atom stereocenters. The summed E-state index contributed by atoms with van der Waals surface area (Å²) in [5.74, 6) is 0. The van der Waals surface area contributed by atoms with Gasteiger partial charge in [-0.05, 0) is 55.9 Å². The second-order valence-corrected chi connectivity index (χ2v) is 10.1. The molecule has 2 rings (SSSR count). The van der Waals surface area contributed by atoms with Crippen LogP contribution in [0.25, 0.3) is 0 Å². The van der Waals surface area contributed by atoms with Gasteiger partial charge >= 0.3 is 6.03 Å². The summed E-state index contributed by atoms with van der Waals surface area (Å²) in [5, 5.41) is 3.12. The molecule has 0 unspecified atom stereocenters. The molecule has 0 aliphatic heterocycles. The number of nitrogens with one attached hydrogen (secondary N) is 1. The van der Waals surface area contributed by atoms with E-state index in [0.29, 0.717) is 0 Å². The molecule has 1 N–H and O–H groups in total. The Morgan fingerprint density at radius 1 is 0.686 bits per heavy atom. The number of carbonyl (C=O) groups is 1. The molecule has 35 heavy (non-hydrogen) atoms. The lowest BCUT2D eigenvalue weighted by Gasteiger charge is -2.23. The average molecular weight is 479 g/mol. The number of anilines is 1. The van der Waals surface area contributed by atoms with Crippen LogP contribution >= 0.6 is 0 Å². The summed E-state index contributed by atoms with van der Waals surface area (Å²) in [6.07, 6.45) is 19.3. The van der Waals surface area contributed by atoms with Gasteiger partial charge in [0.25, 0.3) is 0 Å². The first-order valence-electron chi connectivity index (χ1n) is 14.4. The van der Waals surface area contributed by atoms with E-state index < -0.39 is 0 Å². The van der Waals surface area contributed by atoms with Crippen LogP contribution in [0.1, 0.15) is 108 Å². The summed E-state index contributed by atoms with van der Waals surface area (Å²) in [6, 6.07) is 18.8. The van der Waals surface area contributed by atoms with Crippen molar-refractivity contribution in [3.63, 3.8) is 0 Å². The maximum Gasteiger partial charge on any atom is 0.321 e. The molecular weight excluding hydrogens is 428 g/mol. The Morgan fingerprint density at radius 2 is 1.26 bits per heavy atom. The Balaban J connectivity index is 1.66. The molecule has 0 aromatic heterocycles. The number of benzene rings is 2. The SMILES string of the molecule is CCCCCCCCCCCCCCN(CCCCc1ccccc1)C(=O)Nc1cccc(C)c1. The Morgan fingerprint density at radius 3 is 1.86 bits per heavy atom. The van der Waals surface area contributed by atoms with Gasteiger partial charge in [0.1, 0.15) is 0 Å². The standard InChI is InChI=1S/C32H50N2O/c1-3-4-5-6-7-8-9-10-11-12-13-18-26-34(27-19-17-24-30-22-15-14-16-23-30)32(35)33-31-25-20-21-29(2)28-31/h14-16,20-23,25,28H,3-13,17-19,24,26-27H2,1-2H3,(H,33,35). The average Bonchev–Trinajstić information content (AvgIpc) is 2.86. The van der Waals surface area contributed by atoms with E-state index in [1.54, 1.807) is 0 Å². The minimum Gasteiger partial charge on any atom is -0.325 e. The van der Waals surface area contributed by atoms with Crippen molar-refractivity contribution in [3.8, 4) is 0 Å². The van der Waals surface area contributed by atoms with Gasteiger partial charge in [0.05, 0.1) is 0 Å². The Labute approximate surface area is 215 Å². The van der Waals surface area contributed by atoms with Crippen LogP contribution in [-0.4, -0.2) is 24.0 Å². The fourth-order valence-electron chi connectivity index (χ4n) is 4.66. The molecule has 0 bridgehead atoms. The van der Waals surface area contributed by atoms with Crippen molar-refractivity contribution >= 4 is 11.7 Å². The molecule has 194 valence electrons. The van der Waals surface area contributed by atoms with Crippen LogP contribution in [0.3, 0.4) is 0 Å². The first-order valence-corrected chi connectivity index (χ1v) is 14.4. The third kappa shape index (κ3) is 14.0. The number of urea groups is 1. The van der Waals surface area contributed by atoms with Crippen molar-refractivity contribution in [2.45, 2.75) is 110 Å². The molecule has 0 aliphatic rings. The Hall–Kier alpha value is -2.29. The van der Waals surface area contributed by atoms with Crippen molar-refractivity contribution in [2.24, 2.45) is 0 Å². The van der Waals surface area contributed by atoms with E-state index in [4.69, 9.17) is 0 Å². The summed E-state index contributed by atoms with van der Waals surface area (Å²) in [7, 11) is 0. The van der Waals surface area contributed by atoms with Gasteiger partial charge in [-0.1, -0.05) is 120 Å². The van der Waals surface area contributed by atoms with Crippen LogP contribution in [0.4, 0.5) is 10.5 Å². The predicted octanol–water partition coefficient (Wildman–Crippen LogP) is 9.55. The van der Waals surface area contributed by atoms with E-state index in [9.17, 15) is 4.79 Å². The third-order valence-corrected chi connectivity index (χ3v) is 6.82. The number of amides is 2. The topological polar surface area (TPSA) is 32.3 Å². The molecule has 0 radical (unpaired) electrons. The number of rotatable bonds is 19. The van der Waals surface area contributed by atoms with Gasteiger partial charge in [-0.25, -0.2) is 4.79 Å². The van der Waals surface area contributed by atoms with Crippen LogP contribution in [-0.2, 0) is 6.42 Å². The summed E-state index contributed by atoms with van der Waals surface area (Å²) in [6.45, 7) is 6.01. The third-order valence-electron chi connectivity index (χ3n) is 6.82. The van der Waals surface area contributed by atoms with Crippen molar-refractivity contribution in [3.05, 3.63) is 65.7 Å². The highest BCUT2D eigenvalue weighted by atomic mass is 16.2. The monoisotopic (exact) mass is 478 g/mol. The number of hydrogen-bond acceptors (Lipinski definition) is 1. The van der Waals surface area contributed by atoms with Crippen LogP contribution in [0.15, 0.2) is 54.6 Å². The molecule has 0 heterocycles. The lowest BCUT2D eigenvalue weighted by molar-refractivity contribution is 0.209. The molecule has 0 saturated heterocycles. The highest BCUT2D eigenvalue weighted by Gasteiger charge is 2.13. The number of aryl methyl sites for hydroxylation is 2. The van der Waals surface area contributed by atoms with E-state index >= 15 is 0 Å². The van der Waals surface area contributed by atoms with Gasteiger partial charge in [-0.2, -0.15) is 0 Å². The fourth-order valence-corrected chi connectivity index (χ4v) is 4.66. The maximum absolute atomic E-state index is 13.0. The zero-order valence-corrected chi connectivity index (χ0v) is 22.6. The van der Waals surface area contributed by atoms with Gasteiger partial charge in [0.15, 0.2) is 0 Å². The normalized spacial score (nSPS) is 10.9. The number of hydrogen-bond donors (Lipinski definition) is 1. The number of nitrogens with zero attached hydrogens (tertiary/aromatic N) is 1. The van der Waals surface area contributed by atoms with E-state index in [-0.39, 0.29) is 6.03 Å². The molecule has 0 spiro atoms. The van der Waals surface area contributed by atoms with Crippen LogP contribution in [0.2, 0.25) is 0 Å². The van der Waals surface area contributed by atoms with Crippen molar-refractivity contribution < 1.29 is 4.79 Å². The first-order chi connectivity index (χ1) is 17.2. The van der Waals surface area contributed by atoms with Crippen molar-refractivity contribution in [2.75, 3.05) is 18.4 Å². The van der Waals surface area contributed by atoms with Crippen molar-refractivity contribution in [1.29, 1.82) is 0 Å². The molecule has 3 nitrogen and oxygen atoms in total. The van der Waals surface area contributed by atoms with Crippen LogP contribution < -0.4 is 5.32 Å². The lowest BCUT2D eigenvalue weighted by Crippen LogP contribution is -2.36. The van der Waals surface area contributed by atoms with Gasteiger partial charge in [-0.3, -0.25) is 0 Å². The molecule has 0 aliphatic carbocycles. The van der Waals surface area contributed by atoms with E-state index in [1.165, 1.54) is 76.2 Å². The summed E-state index contributed by atoms with van der Waals surface area (Å²) < 4.78 is 0. The van der Waals surface area contributed by atoms with Gasteiger partial charge in [-0.15, -0.1) is 0 Å². The van der Waals surface area contributed by atoms with Crippen LogP contribution in [0.5, 0.6) is 0 Å². The lowest BCUT2D eigenvalue weighted by atomic mass is 10.1. The molecule has 0 saturated carbocycles. The molecule has 0 fully saturated rings. The minimum absolute atomic E-state index is 0.0402. The fraction of sp³-hybridized carbons (Fsp3) is 0.594. The predicted molar refractivity (Wildman–Crippen MR) is 152 cm³/mol. The van der Waals surface area contributed by atoms with Gasteiger partial charge < -0.3 is 10.2 Å². The van der Waals surface area contributed by atoms with Crippen molar-refractivity contribution in [1.82, 2.24) is 4.90 Å². The second kappa shape index (κ2) is 19.0. The molecule has 2 aromatic carbocycles. The Kier molecular flexibility index (Phi) is 15.7. The molecule has 2 amide bonds. The summed E-state index contributed by atoms with van der Waals surface area (Å²) in [5.41, 5.74) is 3.43. The molecular formula is C32H50N2O. The van der Waals surface area contributed by atoms with Gasteiger partial charge in [0, 0.05) is 18.8 Å². The van der Waals surface area contributed by atoms with E-state index in [2.05, 4.69) is 55.6 Å². The molecule has 2 aromatic rings. The smallest absolute Gasteiger partial charge is 0.321 e. The summed E-state index contributed by atoms with van der Waals surface area (Å²) >= 11 is 0.